The van der Waals surface area contributed by atoms with Crippen LogP contribution < -0.4 is 16.9 Å². The van der Waals surface area contributed by atoms with Crippen LogP contribution in [-0.2, 0) is 9.63 Å². The molecular formula is C7H17N3O2. The molecule has 5 N–H and O–H groups in total. The second-order valence-electron chi connectivity index (χ2n) is 2.57. The number of nitrogens with two attached hydrogens (primary N) is 2. The molecule has 0 aromatic heterocycles. The second-order valence-corrected chi connectivity index (χ2v) is 2.57. The van der Waals surface area contributed by atoms with E-state index in [1.807, 2.05) is 0 Å². The minimum Gasteiger partial charge on any atom is -0.371 e. The molecule has 0 saturated carbocycles. The van der Waals surface area contributed by atoms with Crippen LogP contribution in [0.4, 0.5) is 0 Å². The van der Waals surface area contributed by atoms with Gasteiger partial charge in [-0.1, -0.05) is 0 Å². The molecule has 0 rings (SSSR count). The number of hydrogen-bond donors (Lipinski definition) is 3. The first kappa shape index (κ1) is 11.4. The minimum absolute atomic E-state index is 0.144. The maximum Gasteiger partial charge on any atom is 0.326 e. The van der Waals surface area contributed by atoms with Gasteiger partial charge >= 0.3 is 5.97 Å². The van der Waals surface area contributed by atoms with E-state index in [9.17, 15) is 4.79 Å². The lowest BCUT2D eigenvalue weighted by atomic mass is 10.1. The van der Waals surface area contributed by atoms with E-state index in [-0.39, 0.29) is 18.4 Å². The highest BCUT2D eigenvalue weighted by molar-refractivity contribution is 5.69. The molecule has 0 aliphatic heterocycles. The van der Waals surface area contributed by atoms with E-state index in [1.54, 1.807) is 0 Å². The van der Waals surface area contributed by atoms with E-state index in [0.717, 1.165) is 12.8 Å². The highest BCUT2D eigenvalue weighted by Gasteiger charge is 2.09. The van der Waals surface area contributed by atoms with Crippen molar-refractivity contribution >= 4 is 5.97 Å². The van der Waals surface area contributed by atoms with Crippen LogP contribution in [0.1, 0.15) is 19.3 Å². The molecule has 0 saturated heterocycles. The van der Waals surface area contributed by atoms with Crippen LogP contribution in [-0.4, -0.2) is 25.6 Å². The molecule has 72 valence electrons. The molecule has 0 spiro atoms. The van der Waals surface area contributed by atoms with E-state index in [1.165, 1.54) is 7.05 Å². The fourth-order valence-electron chi connectivity index (χ4n) is 0.852. The largest absolute Gasteiger partial charge is 0.371 e. The number of carbonyl (C=O) groups excluding carboxylic acids is 1. The van der Waals surface area contributed by atoms with Crippen LogP contribution in [0.15, 0.2) is 0 Å². The van der Waals surface area contributed by atoms with Crippen molar-refractivity contribution in [3.63, 3.8) is 0 Å². The molecule has 1 atom stereocenters. The Kier molecular flexibility index (Phi) is 6.64. The van der Waals surface area contributed by atoms with Gasteiger partial charge in [-0.05, 0) is 19.4 Å². The van der Waals surface area contributed by atoms with Gasteiger partial charge < -0.3 is 16.3 Å². The van der Waals surface area contributed by atoms with Crippen LogP contribution in [0.3, 0.4) is 0 Å². The van der Waals surface area contributed by atoms with Gasteiger partial charge in [0.1, 0.15) is 0 Å². The summed E-state index contributed by atoms with van der Waals surface area (Å²) in [7, 11) is 1.53. The quantitative estimate of drug-likeness (QED) is 0.456. The van der Waals surface area contributed by atoms with Gasteiger partial charge in [-0.25, -0.2) is 0 Å². The Morgan fingerprint density at radius 3 is 2.83 bits per heavy atom. The zero-order chi connectivity index (χ0) is 9.40. The number of hydroxylamine groups is 1. The average Bonchev–Trinajstić information content (AvgIpc) is 2.01. The van der Waals surface area contributed by atoms with E-state index in [0.29, 0.717) is 6.54 Å². The molecule has 0 aliphatic carbocycles. The van der Waals surface area contributed by atoms with E-state index in [4.69, 9.17) is 11.5 Å². The molecule has 0 aromatic rings. The number of rotatable bonds is 6. The molecule has 5 nitrogen and oxygen atoms in total. The molecule has 5 heteroatoms. The molecule has 0 amide bonds. The lowest BCUT2D eigenvalue weighted by molar-refractivity contribution is -0.150. The van der Waals surface area contributed by atoms with Gasteiger partial charge in [0, 0.05) is 13.1 Å². The maximum absolute atomic E-state index is 10.8. The molecule has 0 aliphatic rings. The minimum atomic E-state index is -0.331. The maximum atomic E-state index is 10.8. The first-order valence-corrected chi connectivity index (χ1v) is 4.02. The predicted octanol–water partition coefficient (Wildman–Crippen LogP) is -0.880. The van der Waals surface area contributed by atoms with Crippen LogP contribution >= 0.6 is 0 Å². The Labute approximate surface area is 72.4 Å². The molecule has 0 heterocycles. The molecule has 0 aromatic carbocycles. The monoisotopic (exact) mass is 175 g/mol. The third-order valence-corrected chi connectivity index (χ3v) is 1.42. The molecule has 1 unspecified atom stereocenters. The van der Waals surface area contributed by atoms with Gasteiger partial charge in [0.05, 0.1) is 6.42 Å². The van der Waals surface area contributed by atoms with Crippen LogP contribution in [0.5, 0.6) is 0 Å². The summed E-state index contributed by atoms with van der Waals surface area (Å²) in [6, 6.07) is -0.144. The fraction of sp³-hybridized carbons (Fsp3) is 0.857. The van der Waals surface area contributed by atoms with Crippen molar-refractivity contribution in [1.29, 1.82) is 0 Å². The normalized spacial score (nSPS) is 12.6. The van der Waals surface area contributed by atoms with Gasteiger partial charge in [0.15, 0.2) is 0 Å². The molecule has 0 radical (unpaired) electrons. The Balaban J connectivity index is 3.40. The summed E-state index contributed by atoms with van der Waals surface area (Å²) in [5.74, 6) is -0.331. The zero-order valence-corrected chi connectivity index (χ0v) is 7.38. The third kappa shape index (κ3) is 6.09. The van der Waals surface area contributed by atoms with Crippen molar-refractivity contribution in [1.82, 2.24) is 5.48 Å². The predicted molar refractivity (Wildman–Crippen MR) is 46.0 cm³/mol. The standard InChI is InChI=1S/C7H17N3O2/c1-10-12-7(11)5-6(9)3-2-4-8/h6,10H,2-5,8-9H2,1H3. The molecule has 0 bridgehead atoms. The van der Waals surface area contributed by atoms with Gasteiger partial charge in [-0.15, -0.1) is 0 Å². The first-order valence-electron chi connectivity index (χ1n) is 4.02. The van der Waals surface area contributed by atoms with E-state index in [2.05, 4.69) is 10.3 Å². The fourth-order valence-corrected chi connectivity index (χ4v) is 0.852. The summed E-state index contributed by atoms with van der Waals surface area (Å²) in [6.07, 6.45) is 1.84. The van der Waals surface area contributed by atoms with E-state index < -0.39 is 0 Å². The summed E-state index contributed by atoms with van der Waals surface area (Å²) in [6.45, 7) is 0.606. The van der Waals surface area contributed by atoms with Crippen molar-refractivity contribution < 1.29 is 9.63 Å². The lowest BCUT2D eigenvalue weighted by Crippen LogP contribution is -2.27. The van der Waals surface area contributed by atoms with Gasteiger partial charge in [-0.3, -0.25) is 4.79 Å². The highest BCUT2D eigenvalue weighted by atomic mass is 16.7. The number of carbonyl (C=O) groups is 1. The summed E-state index contributed by atoms with van der Waals surface area (Å²) >= 11 is 0. The Bertz CT molecular complexity index is 130. The number of hydrogen-bond acceptors (Lipinski definition) is 5. The Hall–Kier alpha value is -0.650. The van der Waals surface area contributed by atoms with Gasteiger partial charge in [-0.2, -0.15) is 5.48 Å². The van der Waals surface area contributed by atoms with Crippen LogP contribution in [0, 0.1) is 0 Å². The Morgan fingerprint density at radius 2 is 2.33 bits per heavy atom. The van der Waals surface area contributed by atoms with Crippen molar-refractivity contribution in [3.8, 4) is 0 Å². The summed E-state index contributed by atoms with van der Waals surface area (Å²) in [5, 5.41) is 0. The summed E-state index contributed by atoms with van der Waals surface area (Å²) in [5.41, 5.74) is 13.2. The van der Waals surface area contributed by atoms with Crippen LogP contribution in [0.25, 0.3) is 0 Å². The van der Waals surface area contributed by atoms with Gasteiger partial charge in [0.25, 0.3) is 0 Å². The van der Waals surface area contributed by atoms with Crippen molar-refractivity contribution in [2.24, 2.45) is 11.5 Å². The third-order valence-electron chi connectivity index (χ3n) is 1.42. The van der Waals surface area contributed by atoms with Crippen molar-refractivity contribution in [2.75, 3.05) is 13.6 Å². The van der Waals surface area contributed by atoms with E-state index >= 15 is 0 Å². The lowest BCUT2D eigenvalue weighted by Gasteiger charge is -2.08. The topological polar surface area (TPSA) is 90.4 Å². The molecular weight excluding hydrogens is 158 g/mol. The SMILES string of the molecule is CNOC(=O)CC(N)CCCN. The zero-order valence-electron chi connectivity index (χ0n) is 7.38. The summed E-state index contributed by atoms with van der Waals surface area (Å²) in [4.78, 5) is 15.3. The summed E-state index contributed by atoms with van der Waals surface area (Å²) < 4.78 is 0. The Morgan fingerprint density at radius 1 is 1.67 bits per heavy atom. The van der Waals surface area contributed by atoms with Gasteiger partial charge in [0.2, 0.25) is 0 Å². The smallest absolute Gasteiger partial charge is 0.326 e. The first-order chi connectivity index (χ1) is 5.70. The van der Waals surface area contributed by atoms with Crippen molar-refractivity contribution in [3.05, 3.63) is 0 Å². The highest BCUT2D eigenvalue weighted by Crippen LogP contribution is 1.98. The number of nitrogens with one attached hydrogen (secondary N) is 1. The molecule has 0 fully saturated rings. The average molecular weight is 175 g/mol. The van der Waals surface area contributed by atoms with Crippen molar-refractivity contribution in [2.45, 2.75) is 25.3 Å². The van der Waals surface area contributed by atoms with Crippen LogP contribution in [0.2, 0.25) is 0 Å². The second kappa shape index (κ2) is 7.02. The molecule has 12 heavy (non-hydrogen) atoms.